The summed E-state index contributed by atoms with van der Waals surface area (Å²) in [5.41, 5.74) is 7.42. The zero-order valence-electron chi connectivity index (χ0n) is 20.6. The number of hydrogen-bond donors (Lipinski definition) is 2. The molecule has 0 saturated carbocycles. The molecule has 1 aliphatic heterocycles. The highest BCUT2D eigenvalue weighted by Gasteiger charge is 2.39. The average Bonchev–Trinajstić information content (AvgIpc) is 3.43. The maximum Gasteiger partial charge on any atom is 0.253 e. The van der Waals surface area contributed by atoms with E-state index in [-0.39, 0.29) is 18.9 Å². The Kier molecular flexibility index (Phi) is 6.99. The molecule has 9 nitrogen and oxygen atoms in total. The fourth-order valence-electron chi connectivity index (χ4n) is 5.02. The second-order valence-electron chi connectivity index (χ2n) is 9.32. The minimum atomic E-state index is -0.725. The number of carbonyl (C=O) groups is 2. The maximum absolute atomic E-state index is 13.5. The predicted molar refractivity (Wildman–Crippen MR) is 145 cm³/mol. The van der Waals surface area contributed by atoms with Crippen molar-refractivity contribution < 1.29 is 9.59 Å². The Hall–Kier alpha value is -4.42. The second-order valence-corrected chi connectivity index (χ2v) is 9.73. The smallest absolute Gasteiger partial charge is 0.253 e. The van der Waals surface area contributed by atoms with Gasteiger partial charge in [0.2, 0.25) is 5.91 Å². The molecule has 1 fully saturated rings. The van der Waals surface area contributed by atoms with E-state index in [9.17, 15) is 14.9 Å². The summed E-state index contributed by atoms with van der Waals surface area (Å²) in [7, 11) is 0. The average molecular weight is 528 g/mol. The summed E-state index contributed by atoms with van der Waals surface area (Å²) in [6.45, 7) is 1.16. The number of rotatable bonds is 7. The first kappa shape index (κ1) is 25.2. The van der Waals surface area contributed by atoms with E-state index in [2.05, 4.69) is 21.0 Å². The van der Waals surface area contributed by atoms with Crippen molar-refractivity contribution in [1.29, 1.82) is 5.26 Å². The van der Waals surface area contributed by atoms with Crippen molar-refractivity contribution in [2.24, 2.45) is 5.73 Å². The minimum absolute atomic E-state index is 0.110. The van der Waals surface area contributed by atoms with E-state index in [1.807, 2.05) is 41.3 Å². The number of piperidine rings is 1. The molecule has 38 heavy (non-hydrogen) atoms. The van der Waals surface area contributed by atoms with Crippen molar-refractivity contribution in [3.63, 3.8) is 0 Å². The molecular formula is C28H26ClN7O2. The molecule has 0 bridgehead atoms. The van der Waals surface area contributed by atoms with Gasteiger partial charge in [-0.15, -0.1) is 0 Å². The van der Waals surface area contributed by atoms with Gasteiger partial charge in [-0.1, -0.05) is 35.9 Å². The molecule has 2 aromatic heterocycles. The van der Waals surface area contributed by atoms with Gasteiger partial charge in [-0.05, 0) is 48.7 Å². The first-order valence-corrected chi connectivity index (χ1v) is 12.7. The molecule has 0 radical (unpaired) electrons. The van der Waals surface area contributed by atoms with Crippen molar-refractivity contribution in [2.75, 3.05) is 24.5 Å². The number of aromatic nitrogens is 3. The maximum atomic E-state index is 13.5. The summed E-state index contributed by atoms with van der Waals surface area (Å²) in [4.78, 5) is 40.6. The fraction of sp³-hybridized carbons (Fsp3) is 0.250. The Morgan fingerprint density at radius 1 is 1.13 bits per heavy atom. The van der Waals surface area contributed by atoms with E-state index in [0.717, 1.165) is 10.9 Å². The number of halogens is 1. The number of fused-ring (bicyclic) bond motifs is 1. The van der Waals surface area contributed by atoms with Gasteiger partial charge in [0.15, 0.2) is 0 Å². The Labute approximate surface area is 224 Å². The Morgan fingerprint density at radius 3 is 2.66 bits per heavy atom. The molecule has 2 aromatic carbocycles. The number of H-pyrrole nitrogens is 1. The number of hydrogen-bond acceptors (Lipinski definition) is 6. The number of nitriles is 1. The first-order valence-electron chi connectivity index (χ1n) is 12.3. The summed E-state index contributed by atoms with van der Waals surface area (Å²) < 4.78 is 0. The van der Waals surface area contributed by atoms with E-state index in [1.165, 1.54) is 6.33 Å². The predicted octanol–water partition coefficient (Wildman–Crippen LogP) is 4.32. The van der Waals surface area contributed by atoms with E-state index < -0.39 is 11.3 Å². The molecule has 0 aliphatic carbocycles. The van der Waals surface area contributed by atoms with Crippen molar-refractivity contribution >= 4 is 46.0 Å². The molecule has 1 saturated heterocycles. The third-order valence-corrected chi connectivity index (χ3v) is 7.41. The summed E-state index contributed by atoms with van der Waals surface area (Å²) >= 11 is 6.42. The van der Waals surface area contributed by atoms with Gasteiger partial charge < -0.3 is 20.5 Å². The summed E-state index contributed by atoms with van der Waals surface area (Å²) in [6, 6.07) is 19.0. The number of likely N-dealkylation sites (tertiary alicyclic amines) is 1. The lowest BCUT2D eigenvalue weighted by molar-refractivity contribution is -0.117. The van der Waals surface area contributed by atoms with Crippen LogP contribution in [-0.4, -0.2) is 51.3 Å². The number of nitrogens with two attached hydrogens (primary N) is 1. The van der Waals surface area contributed by atoms with Crippen LogP contribution in [0.3, 0.4) is 0 Å². The van der Waals surface area contributed by atoms with Gasteiger partial charge in [0.25, 0.3) is 5.91 Å². The molecule has 0 unspecified atom stereocenters. The van der Waals surface area contributed by atoms with Crippen molar-refractivity contribution in [3.8, 4) is 6.07 Å². The van der Waals surface area contributed by atoms with Crippen LogP contribution in [0, 0.1) is 11.3 Å². The largest absolute Gasteiger partial charge is 0.370 e. The lowest BCUT2D eigenvalue weighted by Crippen LogP contribution is -2.44. The molecule has 1 aliphatic rings. The summed E-state index contributed by atoms with van der Waals surface area (Å²) in [5, 5.41) is 11.4. The topological polar surface area (TPSA) is 132 Å². The number of amides is 2. The molecule has 10 heteroatoms. The third-order valence-electron chi connectivity index (χ3n) is 7.08. The van der Waals surface area contributed by atoms with Gasteiger partial charge >= 0.3 is 0 Å². The number of nitrogens with zero attached hydrogens (tertiary/aromatic N) is 5. The van der Waals surface area contributed by atoms with Crippen molar-refractivity contribution in [3.05, 3.63) is 83.3 Å². The molecule has 5 rings (SSSR count). The fourth-order valence-corrected chi connectivity index (χ4v) is 5.34. The Morgan fingerprint density at radius 2 is 1.92 bits per heavy atom. The molecule has 0 atom stereocenters. The molecule has 192 valence electrons. The molecule has 3 heterocycles. The van der Waals surface area contributed by atoms with Crippen molar-refractivity contribution in [2.45, 2.75) is 24.7 Å². The van der Waals surface area contributed by atoms with Crippen LogP contribution in [0.2, 0.25) is 5.02 Å². The minimum Gasteiger partial charge on any atom is -0.370 e. The van der Waals surface area contributed by atoms with Crippen LogP contribution in [0.15, 0.2) is 67.1 Å². The summed E-state index contributed by atoms with van der Waals surface area (Å²) in [5.74, 6) is 0.0508. The Balaban J connectivity index is 1.40. The molecule has 2 amide bonds. The van der Waals surface area contributed by atoms with Crippen LogP contribution in [0.1, 0.15) is 35.2 Å². The number of benzene rings is 2. The number of anilines is 2. The van der Waals surface area contributed by atoms with E-state index in [1.54, 1.807) is 29.3 Å². The highest BCUT2D eigenvalue weighted by atomic mass is 35.5. The number of carbonyl (C=O) groups excluding carboxylic acids is 2. The van der Waals surface area contributed by atoms with E-state index in [0.29, 0.717) is 53.7 Å². The Bertz CT molecular complexity index is 1540. The van der Waals surface area contributed by atoms with Crippen LogP contribution in [0.5, 0.6) is 0 Å². The summed E-state index contributed by atoms with van der Waals surface area (Å²) in [6.07, 6.45) is 4.33. The first-order chi connectivity index (χ1) is 18.4. The standard InChI is InChI=1S/C28H26ClN7O2/c29-23-7-2-1-6-22(23)28(17-30)10-14-35(15-11-28)27(38)19-4-3-5-20(16-19)36(13-9-24(31)37)26-21-8-12-32-25(21)33-18-34-26/h1-8,12,16,18H,9-11,13-15H2,(H2,31,37)(H,32,33,34). The van der Waals surface area contributed by atoms with Gasteiger partial charge in [-0.2, -0.15) is 5.26 Å². The molecule has 0 spiro atoms. The van der Waals surface area contributed by atoms with Crippen LogP contribution in [0.25, 0.3) is 11.0 Å². The lowest BCUT2D eigenvalue weighted by atomic mass is 9.74. The van der Waals surface area contributed by atoms with Crippen LogP contribution < -0.4 is 10.6 Å². The van der Waals surface area contributed by atoms with Crippen LogP contribution in [-0.2, 0) is 10.2 Å². The number of nitrogens with one attached hydrogen (secondary N) is 1. The molecule has 4 aromatic rings. The van der Waals surface area contributed by atoms with Gasteiger partial charge in [0.1, 0.15) is 17.8 Å². The van der Waals surface area contributed by atoms with E-state index in [4.69, 9.17) is 17.3 Å². The van der Waals surface area contributed by atoms with Gasteiger partial charge in [0.05, 0.1) is 16.9 Å². The van der Waals surface area contributed by atoms with Gasteiger partial charge in [-0.25, -0.2) is 9.97 Å². The monoisotopic (exact) mass is 527 g/mol. The molecular weight excluding hydrogens is 502 g/mol. The zero-order valence-corrected chi connectivity index (χ0v) is 21.4. The normalized spacial score (nSPS) is 14.7. The zero-order chi connectivity index (χ0) is 26.7. The third kappa shape index (κ3) is 4.78. The highest BCUT2D eigenvalue weighted by Crippen LogP contribution is 2.39. The van der Waals surface area contributed by atoms with Crippen LogP contribution in [0.4, 0.5) is 11.5 Å². The SMILES string of the molecule is N#CC1(c2ccccc2Cl)CCN(C(=O)c2cccc(N(CCC(N)=O)c3ncnc4[nH]ccc34)c2)CC1. The number of aromatic amines is 1. The lowest BCUT2D eigenvalue weighted by Gasteiger charge is -2.38. The molecule has 3 N–H and O–H groups in total. The number of primary amides is 1. The quantitative estimate of drug-likeness (QED) is 0.368. The van der Waals surface area contributed by atoms with Crippen molar-refractivity contribution in [1.82, 2.24) is 19.9 Å². The second kappa shape index (κ2) is 10.5. The van der Waals surface area contributed by atoms with Gasteiger partial charge in [-0.3, -0.25) is 9.59 Å². The van der Waals surface area contributed by atoms with Gasteiger partial charge in [0, 0.05) is 48.5 Å². The highest BCUT2D eigenvalue weighted by molar-refractivity contribution is 6.31. The van der Waals surface area contributed by atoms with E-state index >= 15 is 0 Å². The van der Waals surface area contributed by atoms with Crippen LogP contribution >= 0.6 is 11.6 Å².